The standard InChI is InChI=1S/C17H12F3N3O/c18-13-10-15(20)14(19)8-11(13)9-17(24)21-16-6-7-23(22-16)12-4-2-1-3-5-12/h1-8,10H,9H2,(H,21,22,24). The molecule has 1 aromatic heterocycles. The van der Waals surface area contributed by atoms with Gasteiger partial charge < -0.3 is 5.32 Å². The van der Waals surface area contributed by atoms with Gasteiger partial charge in [-0.15, -0.1) is 0 Å². The molecule has 3 aromatic rings. The number of nitrogens with zero attached hydrogens (tertiary/aromatic N) is 2. The number of para-hydroxylation sites is 1. The van der Waals surface area contributed by atoms with Crippen molar-refractivity contribution in [2.45, 2.75) is 6.42 Å². The Morgan fingerprint density at radius 3 is 2.46 bits per heavy atom. The molecule has 0 aliphatic heterocycles. The molecule has 122 valence electrons. The van der Waals surface area contributed by atoms with Gasteiger partial charge in [0, 0.05) is 23.9 Å². The predicted molar refractivity (Wildman–Crippen MR) is 82.2 cm³/mol. The molecule has 0 fully saturated rings. The third-order valence-corrected chi connectivity index (χ3v) is 3.32. The van der Waals surface area contributed by atoms with Gasteiger partial charge in [-0.05, 0) is 18.2 Å². The monoisotopic (exact) mass is 331 g/mol. The van der Waals surface area contributed by atoms with Crippen molar-refractivity contribution in [3.63, 3.8) is 0 Å². The summed E-state index contributed by atoms with van der Waals surface area (Å²) in [7, 11) is 0. The van der Waals surface area contributed by atoms with Gasteiger partial charge in [-0.3, -0.25) is 4.79 Å². The summed E-state index contributed by atoms with van der Waals surface area (Å²) in [5.41, 5.74) is 0.582. The summed E-state index contributed by atoms with van der Waals surface area (Å²) in [6, 6.07) is 11.9. The van der Waals surface area contributed by atoms with Crippen molar-refractivity contribution >= 4 is 11.7 Å². The van der Waals surface area contributed by atoms with Gasteiger partial charge in [-0.2, -0.15) is 5.10 Å². The molecule has 4 nitrogen and oxygen atoms in total. The molecule has 2 aromatic carbocycles. The van der Waals surface area contributed by atoms with E-state index in [0.717, 1.165) is 5.69 Å². The Kier molecular flexibility index (Phi) is 4.33. The Balaban J connectivity index is 1.70. The number of amides is 1. The zero-order chi connectivity index (χ0) is 17.1. The zero-order valence-corrected chi connectivity index (χ0v) is 12.3. The highest BCUT2D eigenvalue weighted by Crippen LogP contribution is 2.15. The summed E-state index contributed by atoms with van der Waals surface area (Å²) in [6.07, 6.45) is 1.23. The summed E-state index contributed by atoms with van der Waals surface area (Å²) >= 11 is 0. The van der Waals surface area contributed by atoms with Gasteiger partial charge in [0.25, 0.3) is 0 Å². The molecule has 0 aliphatic carbocycles. The van der Waals surface area contributed by atoms with E-state index in [4.69, 9.17) is 0 Å². The van der Waals surface area contributed by atoms with Crippen LogP contribution in [0.2, 0.25) is 0 Å². The smallest absolute Gasteiger partial charge is 0.230 e. The molecule has 0 atom stereocenters. The number of hydrogen-bond acceptors (Lipinski definition) is 2. The fraction of sp³-hybridized carbons (Fsp3) is 0.0588. The van der Waals surface area contributed by atoms with Gasteiger partial charge in [0.2, 0.25) is 5.91 Å². The maximum Gasteiger partial charge on any atom is 0.230 e. The number of halogens is 3. The molecule has 24 heavy (non-hydrogen) atoms. The van der Waals surface area contributed by atoms with E-state index in [2.05, 4.69) is 10.4 Å². The summed E-state index contributed by atoms with van der Waals surface area (Å²) in [5.74, 6) is -3.78. The molecular formula is C17H12F3N3O. The van der Waals surface area contributed by atoms with Crippen molar-refractivity contribution in [2.24, 2.45) is 0 Å². The van der Waals surface area contributed by atoms with Gasteiger partial charge in [-0.1, -0.05) is 18.2 Å². The van der Waals surface area contributed by atoms with E-state index >= 15 is 0 Å². The van der Waals surface area contributed by atoms with Crippen molar-refractivity contribution in [3.05, 3.63) is 77.7 Å². The van der Waals surface area contributed by atoms with Crippen LogP contribution < -0.4 is 5.32 Å². The number of carbonyl (C=O) groups is 1. The van der Waals surface area contributed by atoms with Crippen LogP contribution in [-0.2, 0) is 11.2 Å². The van der Waals surface area contributed by atoms with Gasteiger partial charge in [0.15, 0.2) is 17.5 Å². The van der Waals surface area contributed by atoms with Crippen LogP contribution in [0.15, 0.2) is 54.7 Å². The lowest BCUT2D eigenvalue weighted by molar-refractivity contribution is -0.115. The highest BCUT2D eigenvalue weighted by atomic mass is 19.2. The lowest BCUT2D eigenvalue weighted by Crippen LogP contribution is -2.16. The van der Waals surface area contributed by atoms with Crippen LogP contribution in [0.5, 0.6) is 0 Å². The van der Waals surface area contributed by atoms with Crippen LogP contribution in [-0.4, -0.2) is 15.7 Å². The van der Waals surface area contributed by atoms with Gasteiger partial charge in [0.1, 0.15) is 5.82 Å². The lowest BCUT2D eigenvalue weighted by Gasteiger charge is -2.05. The van der Waals surface area contributed by atoms with Crippen molar-refractivity contribution in [2.75, 3.05) is 5.32 Å². The van der Waals surface area contributed by atoms with E-state index in [1.54, 1.807) is 16.9 Å². The third-order valence-electron chi connectivity index (χ3n) is 3.32. The van der Waals surface area contributed by atoms with E-state index in [1.807, 2.05) is 30.3 Å². The number of nitrogens with one attached hydrogen (secondary N) is 1. The topological polar surface area (TPSA) is 46.9 Å². The molecule has 0 aliphatic rings. The fourth-order valence-electron chi connectivity index (χ4n) is 2.17. The number of benzene rings is 2. The van der Waals surface area contributed by atoms with Gasteiger partial charge >= 0.3 is 0 Å². The molecule has 1 heterocycles. The zero-order valence-electron chi connectivity index (χ0n) is 12.3. The highest BCUT2D eigenvalue weighted by Gasteiger charge is 2.14. The SMILES string of the molecule is O=C(Cc1cc(F)c(F)cc1F)Nc1ccn(-c2ccccc2)n1. The Labute approximate surface area is 135 Å². The van der Waals surface area contributed by atoms with Crippen LogP contribution in [0.3, 0.4) is 0 Å². The van der Waals surface area contributed by atoms with Gasteiger partial charge in [0.05, 0.1) is 12.1 Å². The molecule has 0 saturated carbocycles. The van der Waals surface area contributed by atoms with Crippen LogP contribution in [0.4, 0.5) is 19.0 Å². The Hall–Kier alpha value is -3.09. The summed E-state index contributed by atoms with van der Waals surface area (Å²) in [4.78, 5) is 11.9. The number of aromatic nitrogens is 2. The minimum Gasteiger partial charge on any atom is -0.309 e. The maximum absolute atomic E-state index is 13.5. The Bertz CT molecular complexity index is 878. The number of carbonyl (C=O) groups excluding carboxylic acids is 1. The number of rotatable bonds is 4. The average molecular weight is 331 g/mol. The van der Waals surface area contributed by atoms with Crippen molar-refractivity contribution in [3.8, 4) is 5.69 Å². The lowest BCUT2D eigenvalue weighted by atomic mass is 10.1. The highest BCUT2D eigenvalue weighted by molar-refractivity contribution is 5.91. The molecule has 0 radical (unpaired) electrons. The van der Waals surface area contributed by atoms with Gasteiger partial charge in [-0.25, -0.2) is 17.9 Å². The average Bonchev–Trinajstić information content (AvgIpc) is 3.02. The van der Waals surface area contributed by atoms with Crippen LogP contribution in [0, 0.1) is 17.5 Å². The second-order valence-corrected chi connectivity index (χ2v) is 5.06. The summed E-state index contributed by atoms with van der Waals surface area (Å²) in [6.45, 7) is 0. The first-order valence-corrected chi connectivity index (χ1v) is 7.07. The van der Waals surface area contributed by atoms with E-state index in [0.29, 0.717) is 12.1 Å². The molecule has 0 unspecified atom stereocenters. The minimum absolute atomic E-state index is 0.228. The quantitative estimate of drug-likeness (QED) is 0.744. The Morgan fingerprint density at radius 2 is 1.71 bits per heavy atom. The molecule has 1 N–H and O–H groups in total. The fourth-order valence-corrected chi connectivity index (χ4v) is 2.17. The van der Waals surface area contributed by atoms with E-state index in [1.165, 1.54) is 0 Å². The second kappa shape index (κ2) is 6.57. The maximum atomic E-state index is 13.5. The number of hydrogen-bond donors (Lipinski definition) is 1. The summed E-state index contributed by atoms with van der Waals surface area (Å²) < 4.78 is 41.1. The largest absolute Gasteiger partial charge is 0.309 e. The van der Waals surface area contributed by atoms with Crippen LogP contribution in [0.25, 0.3) is 5.69 Å². The van der Waals surface area contributed by atoms with Crippen molar-refractivity contribution in [1.82, 2.24) is 9.78 Å². The molecule has 1 amide bonds. The van der Waals surface area contributed by atoms with Crippen LogP contribution >= 0.6 is 0 Å². The first kappa shape index (κ1) is 15.8. The molecule has 0 spiro atoms. The molecule has 0 saturated heterocycles. The summed E-state index contributed by atoms with van der Waals surface area (Å²) in [5, 5.41) is 6.66. The first-order valence-electron chi connectivity index (χ1n) is 7.07. The molecular weight excluding hydrogens is 319 g/mol. The van der Waals surface area contributed by atoms with Crippen molar-refractivity contribution < 1.29 is 18.0 Å². The molecule has 7 heteroatoms. The van der Waals surface area contributed by atoms with E-state index in [9.17, 15) is 18.0 Å². The molecule has 0 bridgehead atoms. The predicted octanol–water partition coefficient (Wildman–Crippen LogP) is 3.47. The Morgan fingerprint density at radius 1 is 1.00 bits per heavy atom. The van der Waals surface area contributed by atoms with E-state index < -0.39 is 29.8 Å². The van der Waals surface area contributed by atoms with Crippen molar-refractivity contribution in [1.29, 1.82) is 0 Å². The minimum atomic E-state index is -1.29. The molecule has 3 rings (SSSR count). The number of anilines is 1. The third kappa shape index (κ3) is 3.45. The van der Waals surface area contributed by atoms with E-state index in [-0.39, 0.29) is 11.4 Å². The first-order chi connectivity index (χ1) is 11.5. The van der Waals surface area contributed by atoms with Crippen LogP contribution in [0.1, 0.15) is 5.56 Å². The normalized spacial score (nSPS) is 10.6. The second-order valence-electron chi connectivity index (χ2n) is 5.06.